The van der Waals surface area contributed by atoms with Crippen LogP contribution in [0.25, 0.3) is 0 Å². The number of unbranched alkanes of at least 4 members (excludes halogenated alkanes) is 1. The molecule has 20 heavy (non-hydrogen) atoms. The van der Waals surface area contributed by atoms with E-state index in [0.717, 1.165) is 38.6 Å². The van der Waals surface area contributed by atoms with Gasteiger partial charge in [-0.25, -0.2) is 0 Å². The van der Waals surface area contributed by atoms with E-state index in [9.17, 15) is 0 Å². The Morgan fingerprint density at radius 1 is 1.25 bits per heavy atom. The number of hydrogen-bond donors (Lipinski definition) is 1. The molecule has 1 heterocycles. The van der Waals surface area contributed by atoms with E-state index in [-0.39, 0.29) is 0 Å². The van der Waals surface area contributed by atoms with E-state index in [2.05, 4.69) is 34.5 Å². The first-order valence-electron chi connectivity index (χ1n) is 7.93. The minimum atomic E-state index is 0.671. The lowest BCUT2D eigenvalue weighted by Crippen LogP contribution is -2.40. The van der Waals surface area contributed by atoms with Gasteiger partial charge in [0.05, 0.1) is 0 Å². The summed E-state index contributed by atoms with van der Waals surface area (Å²) in [6.07, 6.45) is 5.17. The van der Waals surface area contributed by atoms with Crippen molar-refractivity contribution in [2.45, 2.75) is 38.3 Å². The molecule has 0 bridgehead atoms. The maximum absolute atomic E-state index is 5.16. The van der Waals surface area contributed by atoms with E-state index < -0.39 is 0 Å². The van der Waals surface area contributed by atoms with Gasteiger partial charge in [0.15, 0.2) is 0 Å². The highest BCUT2D eigenvalue weighted by atomic mass is 16.5. The summed E-state index contributed by atoms with van der Waals surface area (Å²) in [4.78, 5) is 2.59. The number of ether oxygens (including phenoxy) is 1. The predicted molar refractivity (Wildman–Crippen MR) is 83.1 cm³/mol. The van der Waals surface area contributed by atoms with Crippen LogP contribution < -0.4 is 10.2 Å². The quantitative estimate of drug-likeness (QED) is 0.807. The van der Waals surface area contributed by atoms with E-state index in [0.29, 0.717) is 6.04 Å². The maximum Gasteiger partial charge on any atom is 0.0462 e. The molecule has 1 aliphatic carbocycles. The summed E-state index contributed by atoms with van der Waals surface area (Å²) in [5, 5.41) is 3.76. The van der Waals surface area contributed by atoms with Gasteiger partial charge in [-0.2, -0.15) is 0 Å². The molecule has 3 nitrogen and oxygen atoms in total. The zero-order chi connectivity index (χ0) is 13.8. The molecule has 0 amide bonds. The smallest absolute Gasteiger partial charge is 0.0462 e. The number of rotatable bonds is 6. The topological polar surface area (TPSA) is 24.5 Å². The number of para-hydroxylation sites is 1. The van der Waals surface area contributed by atoms with Crippen LogP contribution in [0.3, 0.4) is 0 Å². The monoisotopic (exact) mass is 274 g/mol. The van der Waals surface area contributed by atoms with Gasteiger partial charge in [-0.3, -0.25) is 0 Å². The first kappa shape index (κ1) is 13.9. The largest absolute Gasteiger partial charge is 0.385 e. The third-order valence-electron chi connectivity index (χ3n) is 4.52. The molecule has 110 valence electrons. The standard InChI is InChI=1S/C17H26N2O/c1-20-11-5-4-10-19-13-16(14-8-9-14)18-12-15-6-2-3-7-17(15)19/h2-3,6-7,14,16,18H,4-5,8-13H2,1H3. The number of nitrogens with one attached hydrogen (secondary N) is 1. The van der Waals surface area contributed by atoms with E-state index in [1.54, 1.807) is 7.11 Å². The molecule has 1 saturated carbocycles. The third kappa shape index (κ3) is 3.33. The van der Waals surface area contributed by atoms with E-state index in [4.69, 9.17) is 4.74 Å². The van der Waals surface area contributed by atoms with Gasteiger partial charge >= 0.3 is 0 Å². The molecule has 1 aromatic carbocycles. The van der Waals surface area contributed by atoms with Crippen molar-refractivity contribution in [1.82, 2.24) is 5.32 Å². The molecule has 1 aromatic rings. The average molecular weight is 274 g/mol. The van der Waals surface area contributed by atoms with Crippen molar-refractivity contribution in [1.29, 1.82) is 0 Å². The molecule has 0 radical (unpaired) electrons. The van der Waals surface area contributed by atoms with Gasteiger partial charge in [-0.1, -0.05) is 18.2 Å². The zero-order valence-corrected chi connectivity index (χ0v) is 12.5. The summed E-state index contributed by atoms with van der Waals surface area (Å²) in [5.74, 6) is 0.908. The minimum Gasteiger partial charge on any atom is -0.385 e. The summed E-state index contributed by atoms with van der Waals surface area (Å²) in [6, 6.07) is 9.53. The predicted octanol–water partition coefficient (Wildman–Crippen LogP) is 2.80. The molecule has 1 fully saturated rings. The molecule has 3 heteroatoms. The van der Waals surface area contributed by atoms with Gasteiger partial charge in [-0.05, 0) is 43.2 Å². The first-order chi connectivity index (χ1) is 9.88. The van der Waals surface area contributed by atoms with Gasteiger partial charge < -0.3 is 15.0 Å². The molecular formula is C17H26N2O. The van der Waals surface area contributed by atoms with Crippen molar-refractivity contribution < 1.29 is 4.74 Å². The highest BCUT2D eigenvalue weighted by Gasteiger charge is 2.33. The number of nitrogens with zero attached hydrogens (tertiary/aromatic N) is 1. The lowest BCUT2D eigenvalue weighted by Gasteiger charge is -2.27. The fraction of sp³-hybridized carbons (Fsp3) is 0.647. The summed E-state index contributed by atoms with van der Waals surface area (Å²) >= 11 is 0. The molecule has 1 atom stereocenters. The molecule has 3 rings (SSSR count). The zero-order valence-electron chi connectivity index (χ0n) is 12.5. The van der Waals surface area contributed by atoms with E-state index in [1.165, 1.54) is 30.5 Å². The second-order valence-corrected chi connectivity index (χ2v) is 6.10. The van der Waals surface area contributed by atoms with Gasteiger partial charge in [0.1, 0.15) is 0 Å². The van der Waals surface area contributed by atoms with Crippen LogP contribution in [0.2, 0.25) is 0 Å². The number of benzene rings is 1. The Morgan fingerprint density at radius 2 is 2.10 bits per heavy atom. The van der Waals surface area contributed by atoms with Crippen LogP contribution in [-0.2, 0) is 11.3 Å². The van der Waals surface area contributed by atoms with Gasteiger partial charge in [-0.15, -0.1) is 0 Å². The number of hydrogen-bond acceptors (Lipinski definition) is 3. The Balaban J connectivity index is 1.68. The SMILES string of the molecule is COCCCCN1CC(C2CC2)NCc2ccccc21. The second kappa shape index (κ2) is 6.59. The average Bonchev–Trinajstić information content (AvgIpc) is 3.30. The summed E-state index contributed by atoms with van der Waals surface area (Å²) in [6.45, 7) is 4.20. The van der Waals surface area contributed by atoms with Crippen LogP contribution in [0.5, 0.6) is 0 Å². The van der Waals surface area contributed by atoms with Crippen LogP contribution in [0.4, 0.5) is 5.69 Å². The molecule has 1 unspecified atom stereocenters. The molecule has 1 N–H and O–H groups in total. The fourth-order valence-corrected chi connectivity index (χ4v) is 3.19. The van der Waals surface area contributed by atoms with Crippen LogP contribution >= 0.6 is 0 Å². The lowest BCUT2D eigenvalue weighted by molar-refractivity contribution is 0.193. The maximum atomic E-state index is 5.16. The van der Waals surface area contributed by atoms with Gasteiger partial charge in [0, 0.05) is 45.1 Å². The number of anilines is 1. The second-order valence-electron chi connectivity index (χ2n) is 6.10. The fourth-order valence-electron chi connectivity index (χ4n) is 3.19. The van der Waals surface area contributed by atoms with E-state index >= 15 is 0 Å². The number of fused-ring (bicyclic) bond motifs is 1. The van der Waals surface area contributed by atoms with Crippen molar-refractivity contribution in [3.05, 3.63) is 29.8 Å². The van der Waals surface area contributed by atoms with E-state index in [1.807, 2.05) is 0 Å². The van der Waals surface area contributed by atoms with Crippen LogP contribution in [0.1, 0.15) is 31.2 Å². The van der Waals surface area contributed by atoms with Crippen molar-refractivity contribution >= 4 is 5.69 Å². The normalized spacial score (nSPS) is 22.4. The Labute approximate surface area is 122 Å². The molecule has 2 aliphatic rings. The summed E-state index contributed by atoms with van der Waals surface area (Å²) < 4.78 is 5.16. The molecule has 0 spiro atoms. The number of methoxy groups -OCH3 is 1. The highest BCUT2D eigenvalue weighted by molar-refractivity contribution is 5.54. The molecular weight excluding hydrogens is 248 g/mol. The highest BCUT2D eigenvalue weighted by Crippen LogP contribution is 2.35. The first-order valence-corrected chi connectivity index (χ1v) is 7.93. The Bertz CT molecular complexity index is 431. The third-order valence-corrected chi connectivity index (χ3v) is 4.52. The minimum absolute atomic E-state index is 0.671. The van der Waals surface area contributed by atoms with Crippen molar-refractivity contribution in [3.8, 4) is 0 Å². The molecule has 0 aromatic heterocycles. The lowest BCUT2D eigenvalue weighted by atomic mass is 10.1. The van der Waals surface area contributed by atoms with Gasteiger partial charge in [0.25, 0.3) is 0 Å². The Morgan fingerprint density at radius 3 is 2.90 bits per heavy atom. The van der Waals surface area contributed by atoms with Crippen molar-refractivity contribution in [2.24, 2.45) is 5.92 Å². The molecule has 0 saturated heterocycles. The van der Waals surface area contributed by atoms with Crippen molar-refractivity contribution in [2.75, 3.05) is 31.7 Å². The van der Waals surface area contributed by atoms with Crippen LogP contribution in [0, 0.1) is 5.92 Å². The Hall–Kier alpha value is -1.06. The molecule has 1 aliphatic heterocycles. The summed E-state index contributed by atoms with van der Waals surface area (Å²) in [7, 11) is 1.79. The summed E-state index contributed by atoms with van der Waals surface area (Å²) in [5.41, 5.74) is 2.88. The van der Waals surface area contributed by atoms with Gasteiger partial charge in [0.2, 0.25) is 0 Å². The van der Waals surface area contributed by atoms with Crippen LogP contribution in [-0.4, -0.2) is 32.8 Å². The Kier molecular flexibility index (Phi) is 4.58. The van der Waals surface area contributed by atoms with Crippen LogP contribution in [0.15, 0.2) is 24.3 Å². The van der Waals surface area contributed by atoms with Crippen molar-refractivity contribution in [3.63, 3.8) is 0 Å².